The minimum Gasteiger partial charge on any atom is -0.489 e. The van der Waals surface area contributed by atoms with E-state index in [1.165, 1.54) is 16.8 Å². The van der Waals surface area contributed by atoms with Crippen LogP contribution in [0.3, 0.4) is 0 Å². The Balaban J connectivity index is 1.74. The van der Waals surface area contributed by atoms with Gasteiger partial charge in [0.15, 0.2) is 0 Å². The predicted molar refractivity (Wildman–Crippen MR) is 96.1 cm³/mol. The van der Waals surface area contributed by atoms with E-state index in [2.05, 4.69) is 29.7 Å². The molecule has 0 unspecified atom stereocenters. The van der Waals surface area contributed by atoms with Gasteiger partial charge in [-0.05, 0) is 40.1 Å². The molecule has 3 aromatic carbocycles. The van der Waals surface area contributed by atoms with Crippen molar-refractivity contribution in [2.75, 3.05) is 0 Å². The molecule has 0 bridgehead atoms. The maximum atomic E-state index is 11.2. The monoisotopic (exact) mass is 318 g/mol. The quantitative estimate of drug-likeness (QED) is 0.328. The van der Waals surface area contributed by atoms with Crippen LogP contribution in [0.15, 0.2) is 72.8 Å². The fourth-order valence-corrected chi connectivity index (χ4v) is 2.51. The number of carbonyl (C=O) groups is 1. The lowest BCUT2D eigenvalue weighted by Gasteiger charge is -2.09. The number of amides is 1. The number of hydrogen-bond donors (Lipinski definition) is 2. The molecule has 3 aromatic rings. The van der Waals surface area contributed by atoms with E-state index in [0.717, 1.165) is 16.9 Å². The zero-order valence-corrected chi connectivity index (χ0v) is 13.1. The van der Waals surface area contributed by atoms with Crippen molar-refractivity contribution in [2.24, 2.45) is 5.84 Å². The van der Waals surface area contributed by atoms with E-state index < -0.39 is 0 Å². The van der Waals surface area contributed by atoms with E-state index in [-0.39, 0.29) is 5.91 Å². The molecule has 0 aliphatic heterocycles. The SMILES string of the molecule is NNC(=O)/C=C/c1cccc(OCc2cccc3ccccc23)c1. The van der Waals surface area contributed by atoms with Crippen LogP contribution in [0.4, 0.5) is 0 Å². The molecule has 0 fully saturated rings. The summed E-state index contributed by atoms with van der Waals surface area (Å²) in [6, 6.07) is 22.0. The van der Waals surface area contributed by atoms with E-state index in [0.29, 0.717) is 6.61 Å². The molecule has 3 rings (SSSR count). The van der Waals surface area contributed by atoms with E-state index in [9.17, 15) is 4.79 Å². The summed E-state index contributed by atoms with van der Waals surface area (Å²) in [4.78, 5) is 11.2. The molecule has 120 valence electrons. The van der Waals surface area contributed by atoms with Crippen molar-refractivity contribution in [1.82, 2.24) is 5.43 Å². The summed E-state index contributed by atoms with van der Waals surface area (Å²) in [5, 5.41) is 2.39. The summed E-state index contributed by atoms with van der Waals surface area (Å²) in [5.41, 5.74) is 4.06. The van der Waals surface area contributed by atoms with Crippen LogP contribution in [0.2, 0.25) is 0 Å². The third-order valence-corrected chi connectivity index (χ3v) is 3.70. The zero-order chi connectivity index (χ0) is 16.8. The number of nitrogens with one attached hydrogen (secondary N) is 1. The van der Waals surface area contributed by atoms with Crippen LogP contribution in [-0.2, 0) is 11.4 Å². The molecular weight excluding hydrogens is 300 g/mol. The average molecular weight is 318 g/mol. The van der Waals surface area contributed by atoms with Gasteiger partial charge in [0.05, 0.1) is 0 Å². The highest BCUT2D eigenvalue weighted by atomic mass is 16.5. The van der Waals surface area contributed by atoms with Crippen molar-refractivity contribution < 1.29 is 9.53 Å². The number of nitrogens with two attached hydrogens (primary N) is 1. The first-order chi connectivity index (χ1) is 11.8. The summed E-state index contributed by atoms with van der Waals surface area (Å²) >= 11 is 0. The topological polar surface area (TPSA) is 64.3 Å². The van der Waals surface area contributed by atoms with Crippen LogP contribution in [0.1, 0.15) is 11.1 Å². The number of benzene rings is 3. The van der Waals surface area contributed by atoms with Gasteiger partial charge >= 0.3 is 0 Å². The highest BCUT2D eigenvalue weighted by Gasteiger charge is 2.02. The Bertz CT molecular complexity index is 882. The molecule has 4 heteroatoms. The average Bonchev–Trinajstić information content (AvgIpc) is 2.64. The lowest BCUT2D eigenvalue weighted by Crippen LogP contribution is -2.27. The molecule has 0 radical (unpaired) electrons. The lowest BCUT2D eigenvalue weighted by atomic mass is 10.1. The van der Waals surface area contributed by atoms with E-state index >= 15 is 0 Å². The van der Waals surface area contributed by atoms with Gasteiger partial charge in [-0.1, -0.05) is 54.6 Å². The third kappa shape index (κ3) is 3.80. The number of rotatable bonds is 5. The largest absolute Gasteiger partial charge is 0.489 e. The number of ether oxygens (including phenoxy) is 1. The molecule has 0 heterocycles. The second-order valence-corrected chi connectivity index (χ2v) is 5.34. The summed E-state index contributed by atoms with van der Waals surface area (Å²) in [6.45, 7) is 0.484. The summed E-state index contributed by atoms with van der Waals surface area (Å²) in [5.74, 6) is 5.45. The smallest absolute Gasteiger partial charge is 0.257 e. The molecular formula is C20H18N2O2. The van der Waals surface area contributed by atoms with Crippen molar-refractivity contribution in [1.29, 1.82) is 0 Å². The Hall–Kier alpha value is -3.11. The predicted octanol–water partition coefficient (Wildman–Crippen LogP) is 3.42. The maximum Gasteiger partial charge on any atom is 0.257 e. The summed E-state index contributed by atoms with van der Waals surface area (Å²) in [6.07, 6.45) is 3.07. The maximum absolute atomic E-state index is 11.2. The van der Waals surface area contributed by atoms with Crippen molar-refractivity contribution in [3.8, 4) is 5.75 Å². The van der Waals surface area contributed by atoms with Gasteiger partial charge in [-0.25, -0.2) is 5.84 Å². The standard InChI is InChI=1S/C20H18N2O2/c21-22-20(23)12-11-15-5-3-9-18(13-15)24-14-17-8-4-7-16-6-1-2-10-19(16)17/h1-13H,14,21H2,(H,22,23)/b12-11+. The molecule has 0 saturated carbocycles. The van der Waals surface area contributed by atoms with Crippen molar-refractivity contribution in [3.63, 3.8) is 0 Å². The number of hydrogen-bond acceptors (Lipinski definition) is 3. The van der Waals surface area contributed by atoms with E-state index in [4.69, 9.17) is 10.6 Å². The van der Waals surface area contributed by atoms with Crippen LogP contribution in [0.5, 0.6) is 5.75 Å². The Morgan fingerprint density at radius 3 is 2.71 bits per heavy atom. The van der Waals surface area contributed by atoms with Crippen LogP contribution in [0.25, 0.3) is 16.8 Å². The molecule has 3 N–H and O–H groups in total. The molecule has 4 nitrogen and oxygen atoms in total. The number of carbonyl (C=O) groups excluding carboxylic acids is 1. The fourth-order valence-electron chi connectivity index (χ4n) is 2.51. The van der Waals surface area contributed by atoms with Gasteiger partial charge in [0.1, 0.15) is 12.4 Å². The van der Waals surface area contributed by atoms with Gasteiger partial charge < -0.3 is 4.74 Å². The lowest BCUT2D eigenvalue weighted by molar-refractivity contribution is -0.116. The van der Waals surface area contributed by atoms with Crippen LogP contribution in [-0.4, -0.2) is 5.91 Å². The minimum atomic E-state index is -0.350. The van der Waals surface area contributed by atoms with E-state index in [1.807, 2.05) is 42.5 Å². The molecule has 0 saturated heterocycles. The molecule has 0 atom stereocenters. The Kier molecular flexibility index (Phi) is 4.89. The first kappa shape index (κ1) is 15.8. The molecule has 0 spiro atoms. The zero-order valence-electron chi connectivity index (χ0n) is 13.1. The van der Waals surface area contributed by atoms with Crippen molar-refractivity contribution in [2.45, 2.75) is 6.61 Å². The van der Waals surface area contributed by atoms with Crippen LogP contribution >= 0.6 is 0 Å². The second-order valence-electron chi connectivity index (χ2n) is 5.34. The highest BCUT2D eigenvalue weighted by Crippen LogP contribution is 2.21. The summed E-state index contributed by atoms with van der Waals surface area (Å²) in [7, 11) is 0. The van der Waals surface area contributed by atoms with Gasteiger partial charge in [-0.2, -0.15) is 0 Å². The molecule has 0 aliphatic rings. The van der Waals surface area contributed by atoms with Crippen LogP contribution in [0, 0.1) is 0 Å². The molecule has 1 amide bonds. The third-order valence-electron chi connectivity index (χ3n) is 3.70. The molecule has 0 aliphatic carbocycles. The Labute approximate surface area is 140 Å². The number of hydrazine groups is 1. The van der Waals surface area contributed by atoms with Gasteiger partial charge in [0, 0.05) is 6.08 Å². The molecule has 24 heavy (non-hydrogen) atoms. The normalized spacial score (nSPS) is 10.9. The Morgan fingerprint density at radius 2 is 1.83 bits per heavy atom. The number of fused-ring (bicyclic) bond motifs is 1. The van der Waals surface area contributed by atoms with Gasteiger partial charge in [-0.3, -0.25) is 10.2 Å². The van der Waals surface area contributed by atoms with Crippen LogP contribution < -0.4 is 16.0 Å². The first-order valence-corrected chi connectivity index (χ1v) is 7.64. The Morgan fingerprint density at radius 1 is 1.04 bits per heavy atom. The van der Waals surface area contributed by atoms with Crippen molar-refractivity contribution >= 4 is 22.8 Å². The molecule has 0 aromatic heterocycles. The van der Waals surface area contributed by atoms with Gasteiger partial charge in [-0.15, -0.1) is 0 Å². The van der Waals surface area contributed by atoms with E-state index in [1.54, 1.807) is 6.08 Å². The highest BCUT2D eigenvalue weighted by molar-refractivity contribution is 5.91. The summed E-state index contributed by atoms with van der Waals surface area (Å²) < 4.78 is 5.91. The van der Waals surface area contributed by atoms with Crippen molar-refractivity contribution in [3.05, 3.63) is 83.9 Å². The second kappa shape index (κ2) is 7.44. The van der Waals surface area contributed by atoms with Gasteiger partial charge in [0.25, 0.3) is 5.91 Å². The minimum absolute atomic E-state index is 0.350. The fraction of sp³-hybridized carbons (Fsp3) is 0.0500. The first-order valence-electron chi connectivity index (χ1n) is 7.64. The van der Waals surface area contributed by atoms with Gasteiger partial charge in [0.2, 0.25) is 0 Å².